The summed E-state index contributed by atoms with van der Waals surface area (Å²) in [5, 5.41) is 13.0. The first-order valence-electron chi connectivity index (χ1n) is 6.93. The highest BCUT2D eigenvalue weighted by Gasteiger charge is 2.23. The van der Waals surface area contributed by atoms with Crippen LogP contribution < -0.4 is 10.1 Å². The first kappa shape index (κ1) is 17.6. The molecule has 0 radical (unpaired) electrons. The Labute approximate surface area is 131 Å². The van der Waals surface area contributed by atoms with Gasteiger partial charge >= 0.3 is 0 Å². The SMILES string of the molecule is COc1ccc(CN(C)C(=O)C2CCNCC2)cc1O.Cl. The van der Waals surface area contributed by atoms with Crippen LogP contribution in [0, 0.1) is 5.92 Å². The Morgan fingerprint density at radius 2 is 2.10 bits per heavy atom. The zero-order chi connectivity index (χ0) is 14.5. The molecule has 118 valence electrons. The number of rotatable bonds is 4. The molecule has 0 spiro atoms. The molecule has 1 amide bonds. The van der Waals surface area contributed by atoms with Crippen LogP contribution in [0.15, 0.2) is 18.2 Å². The third-order valence-corrected chi connectivity index (χ3v) is 3.73. The van der Waals surface area contributed by atoms with Crippen molar-refractivity contribution >= 4 is 18.3 Å². The summed E-state index contributed by atoms with van der Waals surface area (Å²) in [5.74, 6) is 0.851. The van der Waals surface area contributed by atoms with E-state index >= 15 is 0 Å². The van der Waals surface area contributed by atoms with Crippen molar-refractivity contribution in [3.63, 3.8) is 0 Å². The Morgan fingerprint density at radius 1 is 1.43 bits per heavy atom. The normalized spacial score (nSPS) is 15.1. The van der Waals surface area contributed by atoms with Gasteiger partial charge in [0.25, 0.3) is 0 Å². The van der Waals surface area contributed by atoms with Gasteiger partial charge in [-0.3, -0.25) is 4.79 Å². The Bertz CT molecular complexity index is 476. The molecule has 2 N–H and O–H groups in total. The molecule has 1 saturated heterocycles. The predicted octanol–water partition coefficient (Wildman–Crippen LogP) is 1.78. The van der Waals surface area contributed by atoms with E-state index in [2.05, 4.69) is 5.32 Å². The maximum absolute atomic E-state index is 12.3. The highest BCUT2D eigenvalue weighted by molar-refractivity contribution is 5.85. The number of aromatic hydroxyl groups is 1. The molecule has 1 aromatic rings. The van der Waals surface area contributed by atoms with Crippen LogP contribution >= 0.6 is 12.4 Å². The quantitative estimate of drug-likeness (QED) is 0.889. The van der Waals surface area contributed by atoms with E-state index in [1.807, 2.05) is 13.1 Å². The Balaban J connectivity index is 0.00000220. The van der Waals surface area contributed by atoms with E-state index in [1.54, 1.807) is 17.0 Å². The lowest BCUT2D eigenvalue weighted by Gasteiger charge is -2.27. The second kappa shape index (κ2) is 8.10. The fourth-order valence-electron chi connectivity index (χ4n) is 2.57. The molecule has 1 aliphatic rings. The Hall–Kier alpha value is -1.46. The predicted molar refractivity (Wildman–Crippen MR) is 84.0 cm³/mol. The molecular weight excluding hydrogens is 292 g/mol. The summed E-state index contributed by atoms with van der Waals surface area (Å²) in [6.07, 6.45) is 1.80. The summed E-state index contributed by atoms with van der Waals surface area (Å²) < 4.78 is 5.01. The molecule has 6 heteroatoms. The second-order valence-electron chi connectivity index (χ2n) is 5.22. The van der Waals surface area contributed by atoms with Crippen molar-refractivity contribution in [1.82, 2.24) is 10.2 Å². The van der Waals surface area contributed by atoms with Crippen molar-refractivity contribution in [1.29, 1.82) is 0 Å². The standard InChI is InChI=1S/C15H22N2O3.ClH/c1-17(15(19)12-5-7-16-8-6-12)10-11-3-4-14(20-2)13(18)9-11;/h3-4,9,12,16,18H,5-8,10H2,1-2H3;1H. The van der Waals surface area contributed by atoms with Gasteiger partial charge in [0.05, 0.1) is 7.11 Å². The van der Waals surface area contributed by atoms with Crippen molar-refractivity contribution < 1.29 is 14.6 Å². The lowest BCUT2D eigenvalue weighted by molar-refractivity contribution is -0.135. The molecule has 2 rings (SSSR count). The molecule has 0 aliphatic carbocycles. The number of hydrogen-bond acceptors (Lipinski definition) is 4. The number of carbonyl (C=O) groups is 1. The monoisotopic (exact) mass is 314 g/mol. The van der Waals surface area contributed by atoms with Gasteiger partial charge in [-0.05, 0) is 43.6 Å². The minimum Gasteiger partial charge on any atom is -0.504 e. The summed E-state index contributed by atoms with van der Waals surface area (Å²) >= 11 is 0. The number of piperidine rings is 1. The molecule has 0 aromatic heterocycles. The number of phenolic OH excluding ortho intramolecular Hbond substituents is 1. The van der Waals surface area contributed by atoms with E-state index in [4.69, 9.17) is 4.74 Å². The molecular formula is C15H23ClN2O3. The number of ether oxygens (including phenoxy) is 1. The van der Waals surface area contributed by atoms with Crippen molar-refractivity contribution in [2.45, 2.75) is 19.4 Å². The van der Waals surface area contributed by atoms with Crippen LogP contribution in [0.4, 0.5) is 0 Å². The molecule has 0 bridgehead atoms. The molecule has 1 fully saturated rings. The van der Waals surface area contributed by atoms with Crippen LogP contribution in [0.3, 0.4) is 0 Å². The fraction of sp³-hybridized carbons (Fsp3) is 0.533. The number of amides is 1. The van der Waals surface area contributed by atoms with Crippen molar-refractivity contribution in [2.75, 3.05) is 27.2 Å². The molecule has 21 heavy (non-hydrogen) atoms. The van der Waals surface area contributed by atoms with Crippen LogP contribution in [0.25, 0.3) is 0 Å². The number of benzene rings is 1. The largest absolute Gasteiger partial charge is 0.504 e. The van der Waals surface area contributed by atoms with Crippen LogP contribution in [0.1, 0.15) is 18.4 Å². The van der Waals surface area contributed by atoms with E-state index in [0.29, 0.717) is 12.3 Å². The number of halogens is 1. The van der Waals surface area contributed by atoms with Gasteiger partial charge in [0.15, 0.2) is 11.5 Å². The van der Waals surface area contributed by atoms with Gasteiger partial charge in [-0.25, -0.2) is 0 Å². The molecule has 1 heterocycles. The van der Waals surface area contributed by atoms with Gasteiger partial charge in [0.1, 0.15) is 0 Å². The summed E-state index contributed by atoms with van der Waals surface area (Å²) in [6.45, 7) is 2.32. The molecule has 0 saturated carbocycles. The topological polar surface area (TPSA) is 61.8 Å². The number of nitrogens with one attached hydrogen (secondary N) is 1. The number of methoxy groups -OCH3 is 1. The summed E-state index contributed by atoms with van der Waals surface area (Å²) in [4.78, 5) is 14.1. The molecule has 5 nitrogen and oxygen atoms in total. The van der Waals surface area contributed by atoms with Gasteiger partial charge in [-0.1, -0.05) is 6.07 Å². The second-order valence-corrected chi connectivity index (χ2v) is 5.22. The van der Waals surface area contributed by atoms with Crippen molar-refractivity contribution in [3.05, 3.63) is 23.8 Å². The van der Waals surface area contributed by atoms with Gasteiger partial charge < -0.3 is 20.1 Å². The summed E-state index contributed by atoms with van der Waals surface area (Å²) in [5.41, 5.74) is 0.896. The smallest absolute Gasteiger partial charge is 0.225 e. The average Bonchev–Trinajstić information content (AvgIpc) is 2.47. The maximum atomic E-state index is 12.3. The lowest BCUT2D eigenvalue weighted by atomic mass is 9.96. The van der Waals surface area contributed by atoms with E-state index in [0.717, 1.165) is 31.5 Å². The molecule has 1 aromatic carbocycles. The minimum atomic E-state index is 0. The van der Waals surface area contributed by atoms with Crippen molar-refractivity contribution in [2.24, 2.45) is 5.92 Å². The van der Waals surface area contributed by atoms with Crippen LogP contribution in [-0.4, -0.2) is 43.2 Å². The first-order valence-corrected chi connectivity index (χ1v) is 6.93. The highest BCUT2D eigenvalue weighted by Crippen LogP contribution is 2.27. The van der Waals surface area contributed by atoms with E-state index in [-0.39, 0.29) is 30.0 Å². The Morgan fingerprint density at radius 3 is 2.67 bits per heavy atom. The van der Waals surface area contributed by atoms with Gasteiger partial charge in [-0.2, -0.15) is 0 Å². The average molecular weight is 315 g/mol. The van der Waals surface area contributed by atoms with E-state index in [1.165, 1.54) is 7.11 Å². The van der Waals surface area contributed by atoms with Gasteiger partial charge in [0.2, 0.25) is 5.91 Å². The zero-order valence-electron chi connectivity index (χ0n) is 12.5. The number of nitrogens with zero attached hydrogens (tertiary/aromatic N) is 1. The third kappa shape index (κ3) is 4.51. The Kier molecular flexibility index (Phi) is 6.78. The van der Waals surface area contributed by atoms with Crippen LogP contribution in [0.5, 0.6) is 11.5 Å². The van der Waals surface area contributed by atoms with Crippen LogP contribution in [-0.2, 0) is 11.3 Å². The summed E-state index contributed by atoms with van der Waals surface area (Å²) in [6, 6.07) is 5.23. The minimum absolute atomic E-state index is 0. The first-order chi connectivity index (χ1) is 9.61. The van der Waals surface area contributed by atoms with E-state index in [9.17, 15) is 9.90 Å². The van der Waals surface area contributed by atoms with Gasteiger partial charge in [0, 0.05) is 19.5 Å². The van der Waals surface area contributed by atoms with Crippen molar-refractivity contribution in [3.8, 4) is 11.5 Å². The number of hydrogen-bond donors (Lipinski definition) is 2. The van der Waals surface area contributed by atoms with Crippen LogP contribution in [0.2, 0.25) is 0 Å². The lowest BCUT2D eigenvalue weighted by Crippen LogP contribution is -2.38. The highest BCUT2D eigenvalue weighted by atomic mass is 35.5. The zero-order valence-corrected chi connectivity index (χ0v) is 13.3. The van der Waals surface area contributed by atoms with Gasteiger partial charge in [-0.15, -0.1) is 12.4 Å². The maximum Gasteiger partial charge on any atom is 0.225 e. The third-order valence-electron chi connectivity index (χ3n) is 3.73. The molecule has 0 atom stereocenters. The number of carbonyl (C=O) groups excluding carboxylic acids is 1. The summed E-state index contributed by atoms with van der Waals surface area (Å²) in [7, 11) is 3.33. The molecule has 0 unspecified atom stereocenters. The fourth-order valence-corrected chi connectivity index (χ4v) is 2.57. The molecule has 1 aliphatic heterocycles. The van der Waals surface area contributed by atoms with E-state index < -0.39 is 0 Å². The number of phenols is 1.